The van der Waals surface area contributed by atoms with Crippen molar-refractivity contribution < 1.29 is 20.4 Å². The van der Waals surface area contributed by atoms with Crippen molar-refractivity contribution in [3.63, 3.8) is 0 Å². The molecule has 0 spiro atoms. The van der Waals surface area contributed by atoms with Gasteiger partial charge in [0.05, 0.1) is 23.9 Å². The minimum atomic E-state index is -1.01. The molecule has 0 radical (unpaired) electrons. The summed E-state index contributed by atoms with van der Waals surface area (Å²) in [5.74, 6) is 0.0517. The molecule has 0 bridgehead atoms. The standard InChI is InChI=1S/C25H44O4/c1-9-16-22(6)12-11-17-23(7,18(26)13-15(5)24(17,8)29)20(22)19(27)21(28)25(16,10-2)14(3)4/h13-14,16-21,26-29H,9-12H2,1-8H3. The second-order valence-electron chi connectivity index (χ2n) is 11.4. The summed E-state index contributed by atoms with van der Waals surface area (Å²) in [5.41, 5.74) is -1.47. The van der Waals surface area contributed by atoms with Crippen LogP contribution >= 0.6 is 0 Å². The predicted octanol–water partition coefficient (Wildman–Crippen LogP) is 3.91. The van der Waals surface area contributed by atoms with Gasteiger partial charge >= 0.3 is 0 Å². The first-order valence-corrected chi connectivity index (χ1v) is 11.7. The van der Waals surface area contributed by atoms with Gasteiger partial charge < -0.3 is 20.4 Å². The van der Waals surface area contributed by atoms with Crippen LogP contribution in [0, 0.1) is 39.9 Å². The Labute approximate surface area is 177 Å². The summed E-state index contributed by atoms with van der Waals surface area (Å²) in [5, 5.41) is 45.9. The van der Waals surface area contributed by atoms with E-state index in [-0.39, 0.29) is 34.5 Å². The molecular formula is C25H44O4. The lowest BCUT2D eigenvalue weighted by Crippen LogP contribution is -2.73. The van der Waals surface area contributed by atoms with E-state index in [1.54, 1.807) is 6.08 Å². The van der Waals surface area contributed by atoms with E-state index in [1.807, 2.05) is 20.8 Å². The van der Waals surface area contributed by atoms with Gasteiger partial charge in [-0.05, 0) is 61.9 Å². The molecule has 29 heavy (non-hydrogen) atoms. The molecule has 4 N–H and O–H groups in total. The summed E-state index contributed by atoms with van der Waals surface area (Å²) in [7, 11) is 0. The summed E-state index contributed by atoms with van der Waals surface area (Å²) < 4.78 is 0. The third kappa shape index (κ3) is 2.65. The third-order valence-electron chi connectivity index (χ3n) is 10.4. The van der Waals surface area contributed by atoms with Crippen molar-refractivity contribution in [1.82, 2.24) is 0 Å². The molecule has 3 aliphatic carbocycles. The Morgan fingerprint density at radius 2 is 1.69 bits per heavy atom. The number of aliphatic hydroxyl groups excluding tert-OH is 3. The topological polar surface area (TPSA) is 80.9 Å². The van der Waals surface area contributed by atoms with Crippen LogP contribution in [0.15, 0.2) is 11.6 Å². The largest absolute Gasteiger partial charge is 0.390 e. The van der Waals surface area contributed by atoms with Crippen LogP contribution in [0.5, 0.6) is 0 Å². The van der Waals surface area contributed by atoms with Crippen LogP contribution in [0.4, 0.5) is 0 Å². The summed E-state index contributed by atoms with van der Waals surface area (Å²) in [6.45, 7) is 16.7. The molecule has 0 aromatic carbocycles. The maximum Gasteiger partial charge on any atom is 0.0863 e. The van der Waals surface area contributed by atoms with Crippen LogP contribution in [0.3, 0.4) is 0 Å². The van der Waals surface area contributed by atoms with E-state index in [1.165, 1.54) is 0 Å². The van der Waals surface area contributed by atoms with Crippen molar-refractivity contribution in [2.45, 2.75) is 105 Å². The Morgan fingerprint density at radius 1 is 1.10 bits per heavy atom. The van der Waals surface area contributed by atoms with Crippen LogP contribution < -0.4 is 0 Å². The monoisotopic (exact) mass is 408 g/mol. The molecule has 0 saturated heterocycles. The van der Waals surface area contributed by atoms with Gasteiger partial charge in [0.15, 0.2) is 0 Å². The molecule has 4 heteroatoms. The van der Waals surface area contributed by atoms with Crippen molar-refractivity contribution >= 4 is 0 Å². The molecule has 0 aromatic rings. The van der Waals surface area contributed by atoms with E-state index >= 15 is 0 Å². The Kier molecular flexibility index (Phi) is 5.65. The molecule has 0 amide bonds. The van der Waals surface area contributed by atoms with E-state index < -0.39 is 29.3 Å². The van der Waals surface area contributed by atoms with Crippen molar-refractivity contribution in [1.29, 1.82) is 0 Å². The maximum absolute atomic E-state index is 11.7. The normalized spacial score (nSPS) is 55.3. The molecular weight excluding hydrogens is 364 g/mol. The summed E-state index contributed by atoms with van der Waals surface area (Å²) in [6, 6.07) is 0. The number of fused-ring (bicyclic) bond motifs is 3. The molecule has 0 heterocycles. The van der Waals surface area contributed by atoms with E-state index in [0.717, 1.165) is 31.3 Å². The molecule has 10 atom stereocenters. The van der Waals surface area contributed by atoms with Gasteiger partial charge in [0.25, 0.3) is 0 Å². The SMILES string of the molecule is CCC1C2(C)CCC3C(C)(O)C(C)=CC(O)C3(C)C2C(O)C(O)C1(CC)C(C)C. The molecule has 3 aliphatic rings. The highest BCUT2D eigenvalue weighted by atomic mass is 16.3. The van der Waals surface area contributed by atoms with Crippen molar-refractivity contribution in [3.8, 4) is 0 Å². The van der Waals surface area contributed by atoms with E-state index in [0.29, 0.717) is 0 Å². The van der Waals surface area contributed by atoms with Crippen LogP contribution in [-0.2, 0) is 0 Å². The highest BCUT2D eigenvalue weighted by molar-refractivity contribution is 5.30. The van der Waals surface area contributed by atoms with E-state index in [9.17, 15) is 20.4 Å². The molecule has 10 unspecified atom stereocenters. The first-order chi connectivity index (χ1) is 13.3. The third-order valence-corrected chi connectivity index (χ3v) is 10.4. The smallest absolute Gasteiger partial charge is 0.0863 e. The Balaban J connectivity index is 2.24. The van der Waals surface area contributed by atoms with Gasteiger partial charge in [0, 0.05) is 16.7 Å². The lowest BCUT2D eigenvalue weighted by atomic mass is 9.35. The molecule has 0 aromatic heterocycles. The summed E-state index contributed by atoms with van der Waals surface area (Å²) in [6.07, 6.45) is 2.75. The van der Waals surface area contributed by atoms with Crippen LogP contribution in [0.1, 0.15) is 81.1 Å². The van der Waals surface area contributed by atoms with Gasteiger partial charge in [-0.2, -0.15) is 0 Å². The highest BCUT2D eigenvalue weighted by Gasteiger charge is 2.71. The minimum absolute atomic E-state index is 0.152. The Hall–Kier alpha value is -0.420. The fourth-order valence-electron chi connectivity index (χ4n) is 8.91. The minimum Gasteiger partial charge on any atom is -0.390 e. The summed E-state index contributed by atoms with van der Waals surface area (Å²) in [4.78, 5) is 0. The van der Waals surface area contributed by atoms with E-state index in [2.05, 4.69) is 34.6 Å². The van der Waals surface area contributed by atoms with E-state index in [4.69, 9.17) is 0 Å². The van der Waals surface area contributed by atoms with Crippen LogP contribution in [0.2, 0.25) is 0 Å². The zero-order valence-corrected chi connectivity index (χ0v) is 19.7. The first kappa shape index (κ1) is 23.2. The van der Waals surface area contributed by atoms with Crippen molar-refractivity contribution in [2.24, 2.45) is 39.9 Å². The zero-order chi connectivity index (χ0) is 22.2. The van der Waals surface area contributed by atoms with Crippen molar-refractivity contribution in [3.05, 3.63) is 11.6 Å². The average Bonchev–Trinajstić information content (AvgIpc) is 2.62. The number of aliphatic hydroxyl groups is 4. The summed E-state index contributed by atoms with van der Waals surface area (Å²) >= 11 is 0. The fraction of sp³-hybridized carbons (Fsp3) is 0.920. The van der Waals surface area contributed by atoms with Gasteiger partial charge in [-0.15, -0.1) is 0 Å². The lowest BCUT2D eigenvalue weighted by Gasteiger charge is -2.71. The Bertz CT molecular complexity index is 670. The van der Waals surface area contributed by atoms with Gasteiger partial charge in [-0.25, -0.2) is 0 Å². The van der Waals surface area contributed by atoms with Gasteiger partial charge in [-0.1, -0.05) is 54.0 Å². The van der Waals surface area contributed by atoms with Crippen LogP contribution in [0.25, 0.3) is 0 Å². The van der Waals surface area contributed by atoms with Gasteiger partial charge in [0.1, 0.15) is 0 Å². The van der Waals surface area contributed by atoms with Crippen LogP contribution in [-0.4, -0.2) is 44.3 Å². The first-order valence-electron chi connectivity index (χ1n) is 11.7. The quantitative estimate of drug-likeness (QED) is 0.534. The zero-order valence-electron chi connectivity index (χ0n) is 19.7. The molecule has 168 valence electrons. The molecule has 4 nitrogen and oxygen atoms in total. The number of hydrogen-bond donors (Lipinski definition) is 4. The second-order valence-corrected chi connectivity index (χ2v) is 11.4. The molecule has 2 saturated carbocycles. The second kappa shape index (κ2) is 7.05. The lowest BCUT2D eigenvalue weighted by molar-refractivity contribution is -0.293. The fourth-order valence-corrected chi connectivity index (χ4v) is 8.91. The molecule has 3 rings (SSSR count). The highest BCUT2D eigenvalue weighted by Crippen LogP contribution is 2.71. The number of hydrogen-bond acceptors (Lipinski definition) is 4. The van der Waals surface area contributed by atoms with Crippen molar-refractivity contribution in [2.75, 3.05) is 0 Å². The molecule has 2 fully saturated rings. The molecule has 0 aliphatic heterocycles. The van der Waals surface area contributed by atoms with Gasteiger partial charge in [-0.3, -0.25) is 0 Å². The Morgan fingerprint density at radius 3 is 2.17 bits per heavy atom. The number of rotatable bonds is 3. The maximum atomic E-state index is 11.7. The predicted molar refractivity (Wildman–Crippen MR) is 116 cm³/mol. The van der Waals surface area contributed by atoms with Gasteiger partial charge in [0.2, 0.25) is 0 Å². The average molecular weight is 409 g/mol.